The maximum Gasteiger partial charge on any atom is 0.234 e. The highest BCUT2D eigenvalue weighted by Crippen LogP contribution is 2.32. The van der Waals surface area contributed by atoms with E-state index in [4.69, 9.17) is 4.74 Å². The van der Waals surface area contributed by atoms with Gasteiger partial charge in [-0.25, -0.2) is 9.37 Å². The summed E-state index contributed by atoms with van der Waals surface area (Å²) in [7, 11) is 0. The van der Waals surface area contributed by atoms with Crippen molar-refractivity contribution in [2.75, 3.05) is 17.7 Å². The number of carbonyl (C=O) groups is 1. The molecule has 0 atom stereocenters. The van der Waals surface area contributed by atoms with E-state index in [1.807, 2.05) is 25.1 Å². The molecule has 0 radical (unpaired) electrons. The van der Waals surface area contributed by atoms with Crippen LogP contribution < -0.4 is 10.1 Å². The van der Waals surface area contributed by atoms with Gasteiger partial charge in [0.1, 0.15) is 11.6 Å². The highest BCUT2D eigenvalue weighted by molar-refractivity contribution is 8.01. The van der Waals surface area contributed by atoms with Gasteiger partial charge in [0.2, 0.25) is 5.91 Å². The molecule has 7 heteroatoms. The molecule has 1 aromatic heterocycles. The number of rotatable bonds is 6. The van der Waals surface area contributed by atoms with E-state index >= 15 is 0 Å². The van der Waals surface area contributed by atoms with Gasteiger partial charge in [-0.1, -0.05) is 17.8 Å². The van der Waals surface area contributed by atoms with Gasteiger partial charge in [-0.3, -0.25) is 4.79 Å². The number of ether oxygens (including phenoxy) is 1. The number of fused-ring (bicyclic) bond motifs is 1. The van der Waals surface area contributed by atoms with Crippen LogP contribution in [0.4, 0.5) is 10.1 Å². The highest BCUT2D eigenvalue weighted by atomic mass is 32.2. The molecule has 3 aromatic rings. The lowest BCUT2D eigenvalue weighted by atomic mass is 10.2. The summed E-state index contributed by atoms with van der Waals surface area (Å²) >= 11 is 2.84. The van der Waals surface area contributed by atoms with Gasteiger partial charge in [0.15, 0.2) is 4.34 Å². The summed E-state index contributed by atoms with van der Waals surface area (Å²) < 4.78 is 21.1. The Hall–Kier alpha value is -2.12. The van der Waals surface area contributed by atoms with E-state index in [1.54, 1.807) is 19.1 Å². The van der Waals surface area contributed by atoms with Crippen LogP contribution in [0.25, 0.3) is 10.2 Å². The van der Waals surface area contributed by atoms with Gasteiger partial charge >= 0.3 is 0 Å². The summed E-state index contributed by atoms with van der Waals surface area (Å²) in [5.41, 5.74) is 1.88. The molecule has 2 aromatic carbocycles. The third-order valence-electron chi connectivity index (χ3n) is 3.38. The second-order valence-corrected chi connectivity index (χ2v) is 7.62. The second-order valence-electron chi connectivity index (χ2n) is 5.36. The molecule has 3 rings (SSSR count). The summed E-state index contributed by atoms with van der Waals surface area (Å²) in [6.45, 7) is 4.35. The second kappa shape index (κ2) is 7.84. The summed E-state index contributed by atoms with van der Waals surface area (Å²) in [5.74, 6) is 0.289. The number of aromatic nitrogens is 1. The maximum absolute atomic E-state index is 13.8. The van der Waals surface area contributed by atoms with Crippen LogP contribution in [-0.4, -0.2) is 23.3 Å². The standard InChI is InChI=1S/C18H17FN2O2S2/c1-3-23-12-5-7-15-16(9-12)25-18(21-15)24-10-17(22)20-14-6-4-11(2)8-13(14)19/h4-9H,3,10H2,1-2H3,(H,20,22). The van der Waals surface area contributed by atoms with Crippen LogP contribution in [0.3, 0.4) is 0 Å². The van der Waals surface area contributed by atoms with Gasteiger partial charge in [0, 0.05) is 0 Å². The lowest BCUT2D eigenvalue weighted by Gasteiger charge is -2.06. The summed E-state index contributed by atoms with van der Waals surface area (Å²) in [6, 6.07) is 10.5. The van der Waals surface area contributed by atoms with E-state index in [0.29, 0.717) is 6.61 Å². The molecule has 1 amide bonds. The Morgan fingerprint density at radius 3 is 2.92 bits per heavy atom. The minimum Gasteiger partial charge on any atom is -0.494 e. The van der Waals surface area contributed by atoms with Crippen LogP contribution in [0.1, 0.15) is 12.5 Å². The molecule has 0 spiro atoms. The number of hydrogen-bond donors (Lipinski definition) is 1. The number of thiazole rings is 1. The van der Waals surface area contributed by atoms with Crippen LogP contribution in [0.5, 0.6) is 5.75 Å². The first-order valence-electron chi connectivity index (χ1n) is 7.77. The number of nitrogens with one attached hydrogen (secondary N) is 1. The van der Waals surface area contributed by atoms with E-state index in [1.165, 1.54) is 29.2 Å². The number of benzene rings is 2. The zero-order valence-corrected chi connectivity index (χ0v) is 15.5. The molecule has 130 valence electrons. The van der Waals surface area contributed by atoms with Gasteiger partial charge in [0.25, 0.3) is 0 Å². The molecular weight excluding hydrogens is 359 g/mol. The van der Waals surface area contributed by atoms with Gasteiger partial charge in [-0.05, 0) is 49.7 Å². The van der Waals surface area contributed by atoms with Crippen molar-refractivity contribution in [1.82, 2.24) is 4.98 Å². The number of halogens is 1. The Bertz CT molecular complexity index is 911. The minimum absolute atomic E-state index is 0.172. The molecular formula is C18H17FN2O2S2. The number of thioether (sulfide) groups is 1. The lowest BCUT2D eigenvalue weighted by molar-refractivity contribution is -0.113. The molecule has 0 unspecified atom stereocenters. The third kappa shape index (κ3) is 4.49. The molecule has 0 aliphatic heterocycles. The molecule has 0 saturated carbocycles. The first-order chi connectivity index (χ1) is 12.0. The summed E-state index contributed by atoms with van der Waals surface area (Å²) in [6.07, 6.45) is 0. The van der Waals surface area contributed by atoms with Crippen LogP contribution >= 0.6 is 23.1 Å². The molecule has 0 saturated heterocycles. The van der Waals surface area contributed by atoms with Crippen molar-refractivity contribution in [1.29, 1.82) is 0 Å². The first kappa shape index (κ1) is 17.7. The Morgan fingerprint density at radius 2 is 2.16 bits per heavy atom. The zero-order chi connectivity index (χ0) is 17.8. The van der Waals surface area contributed by atoms with Gasteiger partial charge < -0.3 is 10.1 Å². The molecule has 1 heterocycles. The van der Waals surface area contributed by atoms with Crippen LogP contribution in [0, 0.1) is 12.7 Å². The van der Waals surface area contributed by atoms with E-state index < -0.39 is 5.82 Å². The Kier molecular flexibility index (Phi) is 5.55. The zero-order valence-electron chi connectivity index (χ0n) is 13.8. The quantitative estimate of drug-likeness (QED) is 0.624. The van der Waals surface area contributed by atoms with Crippen molar-refractivity contribution >= 4 is 44.9 Å². The normalized spacial score (nSPS) is 10.8. The predicted molar refractivity (Wildman–Crippen MR) is 101 cm³/mol. The number of nitrogens with zero attached hydrogens (tertiary/aromatic N) is 1. The first-order valence-corrected chi connectivity index (χ1v) is 9.57. The average Bonchev–Trinajstić information content (AvgIpc) is 2.98. The Morgan fingerprint density at radius 1 is 1.32 bits per heavy atom. The fourth-order valence-corrected chi connectivity index (χ4v) is 4.13. The molecule has 0 bridgehead atoms. The van der Waals surface area contributed by atoms with Crippen LogP contribution in [-0.2, 0) is 4.79 Å². The maximum atomic E-state index is 13.8. The van der Waals surface area contributed by atoms with Gasteiger partial charge in [-0.15, -0.1) is 11.3 Å². The number of carbonyl (C=O) groups excluding carboxylic acids is 1. The van der Waals surface area contributed by atoms with Crippen molar-refractivity contribution < 1.29 is 13.9 Å². The highest BCUT2D eigenvalue weighted by Gasteiger charge is 2.11. The topological polar surface area (TPSA) is 51.2 Å². The third-order valence-corrected chi connectivity index (χ3v) is 5.54. The molecule has 0 fully saturated rings. The largest absolute Gasteiger partial charge is 0.494 e. The van der Waals surface area contributed by atoms with Crippen LogP contribution in [0.2, 0.25) is 0 Å². The summed E-state index contributed by atoms with van der Waals surface area (Å²) in [4.78, 5) is 16.5. The Labute approximate surface area is 153 Å². The van der Waals surface area contributed by atoms with E-state index in [2.05, 4.69) is 10.3 Å². The number of amides is 1. The fraction of sp³-hybridized carbons (Fsp3) is 0.222. The number of aryl methyl sites for hydroxylation is 1. The van der Waals surface area contributed by atoms with Crippen molar-refractivity contribution in [2.45, 2.75) is 18.2 Å². The van der Waals surface area contributed by atoms with E-state index in [0.717, 1.165) is 25.9 Å². The molecule has 1 N–H and O–H groups in total. The average molecular weight is 376 g/mol. The predicted octanol–water partition coefficient (Wildman–Crippen LogP) is 4.87. The smallest absolute Gasteiger partial charge is 0.234 e. The molecule has 0 aliphatic carbocycles. The van der Waals surface area contributed by atoms with Gasteiger partial charge in [-0.2, -0.15) is 0 Å². The van der Waals surface area contributed by atoms with Crippen molar-refractivity contribution in [2.24, 2.45) is 0 Å². The SMILES string of the molecule is CCOc1ccc2nc(SCC(=O)Nc3ccc(C)cc3F)sc2c1. The minimum atomic E-state index is -0.429. The van der Waals surface area contributed by atoms with Crippen molar-refractivity contribution in [3.05, 3.63) is 47.8 Å². The molecule has 25 heavy (non-hydrogen) atoms. The fourth-order valence-electron chi connectivity index (χ4n) is 2.24. The molecule has 4 nitrogen and oxygen atoms in total. The number of hydrogen-bond acceptors (Lipinski definition) is 5. The Balaban J connectivity index is 1.62. The van der Waals surface area contributed by atoms with Crippen molar-refractivity contribution in [3.8, 4) is 5.75 Å². The van der Waals surface area contributed by atoms with Crippen molar-refractivity contribution in [3.63, 3.8) is 0 Å². The number of anilines is 1. The molecule has 0 aliphatic rings. The summed E-state index contributed by atoms with van der Waals surface area (Å²) in [5, 5.41) is 2.59. The van der Waals surface area contributed by atoms with Gasteiger partial charge in [0.05, 0.1) is 28.3 Å². The monoisotopic (exact) mass is 376 g/mol. The van der Waals surface area contributed by atoms with Crippen LogP contribution in [0.15, 0.2) is 40.7 Å². The lowest BCUT2D eigenvalue weighted by Crippen LogP contribution is -2.15. The van der Waals surface area contributed by atoms with E-state index in [9.17, 15) is 9.18 Å². The van der Waals surface area contributed by atoms with E-state index in [-0.39, 0.29) is 17.3 Å².